The minimum absolute atomic E-state index is 0.116. The number of nitrogens with one attached hydrogen (secondary N) is 4. The van der Waals surface area contributed by atoms with Gasteiger partial charge in [-0.1, -0.05) is 0 Å². The number of benzene rings is 1. The maximum Gasteiger partial charge on any atom is 0.416 e. The van der Waals surface area contributed by atoms with E-state index < -0.39 is 17.6 Å². The minimum atomic E-state index is -4.43. The van der Waals surface area contributed by atoms with Gasteiger partial charge in [-0.3, -0.25) is 4.79 Å². The van der Waals surface area contributed by atoms with Crippen LogP contribution >= 0.6 is 0 Å². The number of amides is 3. The lowest BCUT2D eigenvalue weighted by atomic mass is 10.1. The van der Waals surface area contributed by atoms with Crippen LogP contribution in [0.15, 0.2) is 42.6 Å². The van der Waals surface area contributed by atoms with Crippen LogP contribution < -0.4 is 21.3 Å². The molecule has 3 amide bonds. The van der Waals surface area contributed by atoms with Gasteiger partial charge in [-0.25, -0.2) is 9.78 Å². The Hall–Kier alpha value is -3.30. The van der Waals surface area contributed by atoms with Gasteiger partial charge in [0.25, 0.3) is 5.91 Å². The molecule has 1 aromatic heterocycles. The van der Waals surface area contributed by atoms with E-state index in [1.54, 1.807) is 12.1 Å². The molecule has 0 spiro atoms. The molecule has 0 radical (unpaired) electrons. The lowest BCUT2D eigenvalue weighted by Gasteiger charge is -2.24. The van der Waals surface area contributed by atoms with E-state index in [9.17, 15) is 22.8 Å². The fraction of sp³-hybridized carbons (Fsp3) is 0.278. The number of hydrogen-bond acceptors (Lipinski definition) is 4. The standard InChI is InChI=1S/C18H18F3N5O2/c19-18(20,21)12-3-5-13(6-4-12)26-16(27)14-2-1-7-22-15(14)23-8-11-9-24-17(28)25-10-11/h1-7,11H,8-10H2,(H,22,23)(H,26,27)(H2,24,25,28). The molecule has 28 heavy (non-hydrogen) atoms. The number of carbonyl (C=O) groups is 2. The minimum Gasteiger partial charge on any atom is -0.369 e. The van der Waals surface area contributed by atoms with Crippen molar-refractivity contribution in [1.29, 1.82) is 0 Å². The highest BCUT2D eigenvalue weighted by Gasteiger charge is 2.30. The zero-order chi connectivity index (χ0) is 20.1. The Morgan fingerprint density at radius 1 is 1.14 bits per heavy atom. The first kappa shape index (κ1) is 19.5. The van der Waals surface area contributed by atoms with Crippen molar-refractivity contribution < 1.29 is 22.8 Å². The van der Waals surface area contributed by atoms with Crippen LogP contribution in [-0.4, -0.2) is 36.6 Å². The molecule has 2 aromatic rings. The molecule has 1 fully saturated rings. The second-order valence-electron chi connectivity index (χ2n) is 6.27. The van der Waals surface area contributed by atoms with Crippen LogP contribution in [0.3, 0.4) is 0 Å². The van der Waals surface area contributed by atoms with Gasteiger partial charge in [0.05, 0.1) is 11.1 Å². The van der Waals surface area contributed by atoms with Gasteiger partial charge in [0.1, 0.15) is 5.82 Å². The van der Waals surface area contributed by atoms with Gasteiger partial charge >= 0.3 is 12.2 Å². The fourth-order valence-corrected chi connectivity index (χ4v) is 2.66. The van der Waals surface area contributed by atoms with Crippen LogP contribution in [0.5, 0.6) is 0 Å². The smallest absolute Gasteiger partial charge is 0.369 e. The van der Waals surface area contributed by atoms with E-state index in [1.165, 1.54) is 18.3 Å². The van der Waals surface area contributed by atoms with Crippen molar-refractivity contribution in [3.05, 3.63) is 53.7 Å². The van der Waals surface area contributed by atoms with Crippen LogP contribution in [0.25, 0.3) is 0 Å². The van der Waals surface area contributed by atoms with Gasteiger partial charge < -0.3 is 21.3 Å². The molecule has 148 valence electrons. The van der Waals surface area contributed by atoms with Gasteiger partial charge in [-0.05, 0) is 36.4 Å². The Labute approximate surface area is 158 Å². The molecule has 1 aliphatic heterocycles. The maximum atomic E-state index is 12.6. The first-order valence-corrected chi connectivity index (χ1v) is 8.52. The largest absolute Gasteiger partial charge is 0.416 e. The number of aromatic nitrogens is 1. The first-order valence-electron chi connectivity index (χ1n) is 8.52. The number of carbonyl (C=O) groups excluding carboxylic acids is 2. The van der Waals surface area contributed by atoms with E-state index in [4.69, 9.17) is 0 Å². The lowest BCUT2D eigenvalue weighted by molar-refractivity contribution is -0.137. The van der Waals surface area contributed by atoms with Gasteiger partial charge in [-0.2, -0.15) is 13.2 Å². The zero-order valence-electron chi connectivity index (χ0n) is 14.6. The second kappa shape index (κ2) is 8.15. The third kappa shape index (κ3) is 4.90. The molecule has 0 unspecified atom stereocenters. The Morgan fingerprint density at radius 3 is 2.46 bits per heavy atom. The zero-order valence-corrected chi connectivity index (χ0v) is 14.6. The molecule has 1 aromatic carbocycles. The molecule has 1 saturated heterocycles. The first-order chi connectivity index (χ1) is 13.3. The highest BCUT2D eigenvalue weighted by Crippen LogP contribution is 2.30. The van der Waals surface area contributed by atoms with Crippen molar-refractivity contribution >= 4 is 23.4 Å². The summed E-state index contributed by atoms with van der Waals surface area (Å²) in [4.78, 5) is 27.8. The molecule has 0 bridgehead atoms. The van der Waals surface area contributed by atoms with Crippen molar-refractivity contribution in [2.75, 3.05) is 30.3 Å². The van der Waals surface area contributed by atoms with Crippen LogP contribution in [0.1, 0.15) is 15.9 Å². The number of pyridine rings is 1. The van der Waals surface area contributed by atoms with Crippen molar-refractivity contribution in [2.45, 2.75) is 6.18 Å². The Morgan fingerprint density at radius 2 is 1.82 bits per heavy atom. The van der Waals surface area contributed by atoms with E-state index in [0.29, 0.717) is 25.5 Å². The summed E-state index contributed by atoms with van der Waals surface area (Å²) < 4.78 is 37.9. The number of nitrogens with zero attached hydrogens (tertiary/aromatic N) is 1. The van der Waals surface area contributed by atoms with Gasteiger partial charge in [-0.15, -0.1) is 0 Å². The summed E-state index contributed by atoms with van der Waals surface area (Å²) in [5, 5.41) is 11.0. The fourth-order valence-electron chi connectivity index (χ4n) is 2.66. The van der Waals surface area contributed by atoms with Crippen LogP contribution in [0, 0.1) is 5.92 Å². The highest BCUT2D eigenvalue weighted by molar-refractivity contribution is 6.07. The molecule has 1 aliphatic rings. The molecule has 3 rings (SSSR count). The number of anilines is 2. The van der Waals surface area contributed by atoms with E-state index >= 15 is 0 Å². The molecular weight excluding hydrogens is 375 g/mol. The number of rotatable bonds is 5. The number of halogens is 3. The van der Waals surface area contributed by atoms with E-state index in [0.717, 1.165) is 12.1 Å². The molecule has 0 atom stereocenters. The summed E-state index contributed by atoms with van der Waals surface area (Å²) in [6.07, 6.45) is -2.91. The summed E-state index contributed by atoms with van der Waals surface area (Å²) in [6, 6.07) is 7.14. The predicted molar refractivity (Wildman–Crippen MR) is 97.0 cm³/mol. The Balaban J connectivity index is 1.64. The lowest BCUT2D eigenvalue weighted by Crippen LogP contribution is -2.50. The highest BCUT2D eigenvalue weighted by atomic mass is 19.4. The normalized spacial score (nSPS) is 14.8. The molecule has 7 nitrogen and oxygen atoms in total. The third-order valence-corrected chi connectivity index (χ3v) is 4.18. The topological polar surface area (TPSA) is 95.2 Å². The summed E-state index contributed by atoms with van der Waals surface area (Å²) in [6.45, 7) is 1.47. The molecular formula is C18H18F3N5O2. The summed E-state index contributed by atoms with van der Waals surface area (Å²) in [7, 11) is 0. The Kier molecular flexibility index (Phi) is 5.67. The Bertz CT molecular complexity index is 845. The van der Waals surface area contributed by atoms with E-state index in [2.05, 4.69) is 26.3 Å². The number of hydrogen-bond donors (Lipinski definition) is 4. The second-order valence-corrected chi connectivity index (χ2v) is 6.27. The average molecular weight is 393 g/mol. The van der Waals surface area contributed by atoms with Crippen molar-refractivity contribution in [3.8, 4) is 0 Å². The molecule has 2 heterocycles. The molecule has 10 heteroatoms. The maximum absolute atomic E-state index is 12.6. The quantitative estimate of drug-likeness (QED) is 0.628. The summed E-state index contributed by atoms with van der Waals surface area (Å²) in [5.74, 6) is -0.0280. The monoisotopic (exact) mass is 393 g/mol. The average Bonchev–Trinajstić information content (AvgIpc) is 2.67. The molecule has 0 aliphatic carbocycles. The summed E-state index contributed by atoms with van der Waals surface area (Å²) in [5.41, 5.74) is -0.287. The third-order valence-electron chi connectivity index (χ3n) is 4.18. The van der Waals surface area contributed by atoms with Crippen LogP contribution in [0.2, 0.25) is 0 Å². The predicted octanol–water partition coefficient (Wildman–Crippen LogP) is 2.69. The number of urea groups is 1. The van der Waals surface area contributed by atoms with Crippen molar-refractivity contribution in [2.24, 2.45) is 5.92 Å². The van der Waals surface area contributed by atoms with Gasteiger partial charge in [0.15, 0.2) is 0 Å². The summed E-state index contributed by atoms with van der Waals surface area (Å²) >= 11 is 0. The SMILES string of the molecule is O=C1NCC(CNc2ncccc2C(=O)Nc2ccc(C(F)(F)F)cc2)CN1. The van der Waals surface area contributed by atoms with Gasteiger partial charge in [0.2, 0.25) is 0 Å². The van der Waals surface area contributed by atoms with E-state index in [1.807, 2.05) is 0 Å². The van der Waals surface area contributed by atoms with Crippen LogP contribution in [-0.2, 0) is 6.18 Å². The van der Waals surface area contributed by atoms with Gasteiger partial charge in [0, 0.05) is 37.4 Å². The van der Waals surface area contributed by atoms with Crippen molar-refractivity contribution in [1.82, 2.24) is 15.6 Å². The van der Waals surface area contributed by atoms with Crippen molar-refractivity contribution in [3.63, 3.8) is 0 Å². The van der Waals surface area contributed by atoms with Crippen LogP contribution in [0.4, 0.5) is 29.5 Å². The molecule has 4 N–H and O–H groups in total. The number of alkyl halides is 3. The van der Waals surface area contributed by atoms with E-state index in [-0.39, 0.29) is 23.2 Å². The molecule has 0 saturated carbocycles.